The van der Waals surface area contributed by atoms with Crippen LogP contribution in [0.15, 0.2) is 36.4 Å². The summed E-state index contributed by atoms with van der Waals surface area (Å²) in [6.07, 6.45) is -11.1. The Morgan fingerprint density at radius 2 is 1.81 bits per heavy atom. The molecule has 1 aliphatic rings. The summed E-state index contributed by atoms with van der Waals surface area (Å²) < 4.78 is 85.7. The number of halogens is 7. The Kier molecular flexibility index (Phi) is 7.70. The number of rotatable bonds is 4. The molecule has 3 unspecified atom stereocenters. The van der Waals surface area contributed by atoms with Gasteiger partial charge in [-0.25, -0.2) is 4.79 Å². The van der Waals surface area contributed by atoms with Crippen LogP contribution in [0.1, 0.15) is 29.0 Å². The lowest BCUT2D eigenvalue weighted by Crippen LogP contribution is -2.46. The average molecular weight is 535 g/mol. The molecule has 0 saturated carbocycles. The Hall–Kier alpha value is -3.50. The molecule has 0 bridgehead atoms. The number of hydrogen-bond donors (Lipinski definition) is 3. The second kappa shape index (κ2) is 10.2. The number of hydrogen-bond acceptors (Lipinski definition) is 5. The monoisotopic (exact) mass is 534 g/mol. The maximum absolute atomic E-state index is 13.7. The van der Waals surface area contributed by atoms with E-state index < -0.39 is 59.9 Å². The zero-order valence-electron chi connectivity index (χ0n) is 18.2. The Labute approximate surface area is 205 Å². The van der Waals surface area contributed by atoms with Crippen LogP contribution >= 0.6 is 11.6 Å². The van der Waals surface area contributed by atoms with E-state index in [9.17, 15) is 35.9 Å². The number of benzene rings is 2. The molecule has 0 radical (unpaired) electrons. The van der Waals surface area contributed by atoms with Crippen LogP contribution in [0.4, 0.5) is 42.5 Å². The third-order valence-corrected chi connectivity index (χ3v) is 5.81. The molecule has 0 aromatic heterocycles. The molecule has 1 heterocycles. The van der Waals surface area contributed by atoms with Gasteiger partial charge in [-0.2, -0.15) is 31.6 Å². The molecule has 0 aliphatic carbocycles. The third kappa shape index (κ3) is 6.00. The molecule has 2 aromatic rings. The zero-order valence-corrected chi connectivity index (χ0v) is 19.0. The van der Waals surface area contributed by atoms with Crippen LogP contribution in [-0.2, 0) is 15.7 Å². The van der Waals surface area contributed by atoms with Crippen molar-refractivity contribution >= 4 is 35.0 Å². The molecule has 7 nitrogen and oxygen atoms in total. The summed E-state index contributed by atoms with van der Waals surface area (Å²) in [5, 5.41) is 15.8. The second-order valence-corrected chi connectivity index (χ2v) is 8.20. The topological polar surface area (TPSA) is 103 Å². The molecule has 1 aliphatic heterocycles. The van der Waals surface area contributed by atoms with Gasteiger partial charge in [0.2, 0.25) is 5.91 Å². The molecular weight excluding hydrogens is 518 g/mol. The molecule has 192 valence electrons. The van der Waals surface area contributed by atoms with Crippen molar-refractivity contribution in [2.24, 2.45) is 0 Å². The molecule has 0 spiro atoms. The molecule has 1 saturated heterocycles. The summed E-state index contributed by atoms with van der Waals surface area (Å²) in [5.41, 5.74) is -2.15. The number of anilines is 2. The van der Waals surface area contributed by atoms with Gasteiger partial charge in [0, 0.05) is 11.6 Å². The number of nitrogens with zero attached hydrogens (tertiary/aromatic N) is 1. The highest BCUT2D eigenvalue weighted by molar-refractivity contribution is 6.34. The predicted molar refractivity (Wildman–Crippen MR) is 116 cm³/mol. The van der Waals surface area contributed by atoms with Crippen LogP contribution < -0.4 is 16.0 Å². The summed E-state index contributed by atoms with van der Waals surface area (Å²) in [4.78, 5) is 24.0. The highest BCUT2D eigenvalue weighted by atomic mass is 35.5. The maximum Gasteiger partial charge on any atom is 0.417 e. The molecule has 3 N–H and O–H groups in total. The van der Waals surface area contributed by atoms with E-state index in [2.05, 4.69) is 20.7 Å². The first-order valence-electron chi connectivity index (χ1n) is 10.1. The minimum atomic E-state index is -4.96. The van der Waals surface area contributed by atoms with Crippen molar-refractivity contribution in [2.75, 3.05) is 17.7 Å². The Morgan fingerprint density at radius 3 is 2.36 bits per heavy atom. The van der Waals surface area contributed by atoms with E-state index in [0.717, 1.165) is 19.2 Å². The predicted octanol–water partition coefficient (Wildman–Crippen LogP) is 5.42. The summed E-state index contributed by atoms with van der Waals surface area (Å²) >= 11 is 6.08. The van der Waals surface area contributed by atoms with Crippen LogP contribution in [0.5, 0.6) is 0 Å². The number of carbonyl (C=O) groups excluding carboxylic acids is 2. The SMILES string of the molecule is COC(=O)Nc1ccc(NC(=O)C2CC(c3ccc(C#N)c(C(F)(F)F)c3)C(C(F)(F)F)N2)c(Cl)c1. The van der Waals surface area contributed by atoms with E-state index in [1.165, 1.54) is 24.3 Å². The van der Waals surface area contributed by atoms with Gasteiger partial charge < -0.3 is 10.1 Å². The van der Waals surface area contributed by atoms with E-state index >= 15 is 0 Å². The summed E-state index contributed by atoms with van der Waals surface area (Å²) in [6, 6.07) is 3.90. The lowest BCUT2D eigenvalue weighted by molar-refractivity contribution is -0.156. The first kappa shape index (κ1) is 27.1. The average Bonchev–Trinajstić information content (AvgIpc) is 3.26. The molecule has 2 amide bonds. The quantitative estimate of drug-likeness (QED) is 0.454. The van der Waals surface area contributed by atoms with Gasteiger partial charge in [0.05, 0.1) is 41.1 Å². The van der Waals surface area contributed by atoms with Crippen molar-refractivity contribution in [1.29, 1.82) is 5.26 Å². The Balaban J connectivity index is 1.85. The van der Waals surface area contributed by atoms with Crippen molar-refractivity contribution in [3.8, 4) is 6.07 Å². The van der Waals surface area contributed by atoms with Crippen molar-refractivity contribution < 1.29 is 40.7 Å². The number of nitriles is 1. The fourth-order valence-electron chi connectivity index (χ4n) is 3.83. The zero-order chi connectivity index (χ0) is 26.8. The molecule has 3 rings (SSSR count). The molecule has 36 heavy (non-hydrogen) atoms. The van der Waals surface area contributed by atoms with Crippen molar-refractivity contribution in [1.82, 2.24) is 5.32 Å². The first-order chi connectivity index (χ1) is 16.7. The lowest BCUT2D eigenvalue weighted by Gasteiger charge is -2.23. The van der Waals surface area contributed by atoms with Gasteiger partial charge in [0.15, 0.2) is 0 Å². The summed E-state index contributed by atoms with van der Waals surface area (Å²) in [5.74, 6) is -2.43. The number of alkyl halides is 6. The van der Waals surface area contributed by atoms with E-state index in [4.69, 9.17) is 16.9 Å². The van der Waals surface area contributed by atoms with Crippen LogP contribution in [0, 0.1) is 11.3 Å². The van der Waals surface area contributed by atoms with Crippen molar-refractivity contribution in [3.05, 3.63) is 58.1 Å². The van der Waals surface area contributed by atoms with E-state index in [0.29, 0.717) is 6.07 Å². The summed E-state index contributed by atoms with van der Waals surface area (Å²) in [7, 11) is 1.14. The number of amides is 2. The normalized spacial score (nSPS) is 19.9. The van der Waals surface area contributed by atoms with Crippen LogP contribution in [0.25, 0.3) is 0 Å². The van der Waals surface area contributed by atoms with Gasteiger partial charge in [0.1, 0.15) is 6.04 Å². The van der Waals surface area contributed by atoms with Gasteiger partial charge in [-0.05, 0) is 42.3 Å². The van der Waals surface area contributed by atoms with Crippen molar-refractivity contribution in [3.63, 3.8) is 0 Å². The Bertz CT molecular complexity index is 1210. The number of nitrogens with one attached hydrogen (secondary N) is 3. The van der Waals surface area contributed by atoms with E-state index in [1.54, 1.807) is 0 Å². The van der Waals surface area contributed by atoms with E-state index in [-0.39, 0.29) is 22.0 Å². The van der Waals surface area contributed by atoms with Gasteiger partial charge in [-0.15, -0.1) is 0 Å². The number of carbonyl (C=O) groups is 2. The molecule has 2 aromatic carbocycles. The minimum Gasteiger partial charge on any atom is -0.453 e. The number of ether oxygens (including phenoxy) is 1. The standard InChI is InChI=1S/C22H17ClF6N4O3/c1-36-20(35)31-12-4-5-16(15(23)7-12)33-19(34)17-8-13(18(32-17)22(27,28)29)10-2-3-11(9-30)14(6-10)21(24,25)26/h2-7,13,17-18,32H,8H2,1H3,(H,31,35)(H,33,34). The van der Waals surface area contributed by atoms with Gasteiger partial charge >= 0.3 is 18.4 Å². The van der Waals surface area contributed by atoms with E-state index in [1.807, 2.05) is 0 Å². The first-order valence-corrected chi connectivity index (χ1v) is 10.5. The molecular formula is C22H17ClF6N4O3. The minimum absolute atomic E-state index is 0.0311. The van der Waals surface area contributed by atoms with Crippen LogP contribution in [0.2, 0.25) is 5.02 Å². The summed E-state index contributed by atoms with van der Waals surface area (Å²) in [6.45, 7) is 0. The van der Waals surface area contributed by atoms with Gasteiger partial charge in [0.25, 0.3) is 0 Å². The number of methoxy groups -OCH3 is 1. The highest BCUT2D eigenvalue weighted by Gasteiger charge is 2.52. The largest absolute Gasteiger partial charge is 0.453 e. The molecule has 1 fully saturated rings. The Morgan fingerprint density at radius 1 is 1.11 bits per heavy atom. The second-order valence-electron chi connectivity index (χ2n) is 7.80. The smallest absolute Gasteiger partial charge is 0.417 e. The fourth-order valence-corrected chi connectivity index (χ4v) is 4.06. The lowest BCUT2D eigenvalue weighted by atomic mass is 9.88. The molecule has 14 heteroatoms. The molecule has 3 atom stereocenters. The highest BCUT2D eigenvalue weighted by Crippen LogP contribution is 2.42. The van der Waals surface area contributed by atoms with Crippen LogP contribution in [0.3, 0.4) is 0 Å². The van der Waals surface area contributed by atoms with Gasteiger partial charge in [-0.1, -0.05) is 17.7 Å². The van der Waals surface area contributed by atoms with Gasteiger partial charge in [-0.3, -0.25) is 15.4 Å². The fraction of sp³-hybridized carbons (Fsp3) is 0.318. The third-order valence-electron chi connectivity index (χ3n) is 5.50. The maximum atomic E-state index is 13.7. The van der Waals surface area contributed by atoms with Crippen molar-refractivity contribution in [2.45, 2.75) is 36.8 Å². The van der Waals surface area contributed by atoms with Crippen LogP contribution in [-0.4, -0.2) is 37.4 Å².